The molecule has 0 saturated heterocycles. The van der Waals surface area contributed by atoms with Gasteiger partial charge in [0.05, 0.1) is 6.04 Å². The summed E-state index contributed by atoms with van der Waals surface area (Å²) in [7, 11) is 0. The van der Waals surface area contributed by atoms with Crippen LogP contribution in [-0.2, 0) is 6.54 Å². The van der Waals surface area contributed by atoms with Crippen LogP contribution in [0.1, 0.15) is 22.7 Å². The lowest BCUT2D eigenvalue weighted by atomic mass is 9.99. The first kappa shape index (κ1) is 19.8. The van der Waals surface area contributed by atoms with Crippen LogP contribution in [0.3, 0.4) is 0 Å². The van der Waals surface area contributed by atoms with Gasteiger partial charge in [-0.1, -0.05) is 72.8 Å². The molecule has 0 aliphatic rings. The lowest BCUT2D eigenvalue weighted by Gasteiger charge is -2.22. The molecule has 0 radical (unpaired) electrons. The zero-order valence-electron chi connectivity index (χ0n) is 15.0. The smallest absolute Gasteiger partial charge is 0.387 e. The molecule has 3 aromatic rings. The summed E-state index contributed by atoms with van der Waals surface area (Å²) in [5, 5.41) is 7.02. The summed E-state index contributed by atoms with van der Waals surface area (Å²) in [5.41, 5.74) is 3.02. The van der Waals surface area contributed by atoms with E-state index >= 15 is 0 Å². The highest BCUT2D eigenvalue weighted by atomic mass is 32.1. The molecule has 0 fully saturated rings. The molecular formula is C22H20F2N2OS. The zero-order valence-corrected chi connectivity index (χ0v) is 15.8. The maximum atomic E-state index is 12.4. The van der Waals surface area contributed by atoms with Crippen molar-refractivity contribution in [3.05, 3.63) is 102 Å². The fraction of sp³-hybridized carbons (Fsp3) is 0.136. The van der Waals surface area contributed by atoms with Crippen LogP contribution in [0.4, 0.5) is 8.78 Å². The van der Waals surface area contributed by atoms with Crippen LogP contribution in [-0.4, -0.2) is 11.7 Å². The molecule has 3 rings (SSSR count). The Morgan fingerprint density at radius 3 is 2.00 bits per heavy atom. The van der Waals surface area contributed by atoms with Gasteiger partial charge in [0.25, 0.3) is 0 Å². The topological polar surface area (TPSA) is 33.3 Å². The van der Waals surface area contributed by atoms with Crippen molar-refractivity contribution < 1.29 is 13.5 Å². The van der Waals surface area contributed by atoms with Gasteiger partial charge in [0, 0.05) is 6.54 Å². The maximum absolute atomic E-state index is 12.4. The molecule has 0 spiro atoms. The molecule has 0 amide bonds. The third-order valence-electron chi connectivity index (χ3n) is 4.14. The van der Waals surface area contributed by atoms with E-state index in [4.69, 9.17) is 12.2 Å². The van der Waals surface area contributed by atoms with Crippen LogP contribution in [0.5, 0.6) is 5.75 Å². The molecule has 0 aliphatic carbocycles. The lowest BCUT2D eigenvalue weighted by Crippen LogP contribution is -2.37. The molecule has 2 N–H and O–H groups in total. The van der Waals surface area contributed by atoms with Crippen LogP contribution >= 0.6 is 12.2 Å². The van der Waals surface area contributed by atoms with Gasteiger partial charge in [-0.05, 0) is 41.0 Å². The van der Waals surface area contributed by atoms with Crippen molar-refractivity contribution in [1.29, 1.82) is 0 Å². The number of nitrogens with one attached hydrogen (secondary N) is 2. The quantitative estimate of drug-likeness (QED) is 0.546. The number of rotatable bonds is 7. The minimum absolute atomic E-state index is 0.121. The first-order chi connectivity index (χ1) is 13.6. The van der Waals surface area contributed by atoms with Gasteiger partial charge in [-0.3, -0.25) is 0 Å². The Bertz CT molecular complexity index is 874. The van der Waals surface area contributed by atoms with E-state index < -0.39 is 6.61 Å². The fourth-order valence-electron chi connectivity index (χ4n) is 2.81. The highest BCUT2D eigenvalue weighted by Crippen LogP contribution is 2.24. The Morgan fingerprint density at radius 2 is 1.39 bits per heavy atom. The van der Waals surface area contributed by atoms with Crippen LogP contribution in [0.25, 0.3) is 0 Å². The third kappa shape index (κ3) is 5.76. The number of thiocarbonyl (C=S) groups is 1. The van der Waals surface area contributed by atoms with Crippen LogP contribution in [0.2, 0.25) is 0 Å². The van der Waals surface area contributed by atoms with Crippen molar-refractivity contribution in [1.82, 2.24) is 10.6 Å². The summed E-state index contributed by atoms with van der Waals surface area (Å²) < 4.78 is 29.2. The van der Waals surface area contributed by atoms with Crippen molar-refractivity contribution in [2.24, 2.45) is 0 Å². The molecule has 0 aliphatic heterocycles. The predicted octanol–water partition coefficient (Wildman–Crippen LogP) is 5.04. The molecule has 1 atom stereocenters. The molecular weight excluding hydrogens is 378 g/mol. The van der Waals surface area contributed by atoms with Crippen LogP contribution < -0.4 is 15.4 Å². The van der Waals surface area contributed by atoms with Crippen molar-refractivity contribution in [2.75, 3.05) is 0 Å². The van der Waals surface area contributed by atoms with Gasteiger partial charge in [0.1, 0.15) is 5.75 Å². The molecule has 144 valence electrons. The standard InChI is InChI=1S/C22H20F2N2OS/c23-21(24)27-19-13-11-18(12-14-19)20(17-9-5-2-6-10-17)26-22(28)25-15-16-7-3-1-4-8-16/h1-14,20-21H,15H2,(H2,25,26,28)/t20-/m0/s1. The molecule has 28 heavy (non-hydrogen) atoms. The number of halogens is 2. The second-order valence-electron chi connectivity index (χ2n) is 6.10. The molecule has 0 saturated carbocycles. The van der Waals surface area contributed by atoms with E-state index in [0.29, 0.717) is 11.7 Å². The zero-order chi connectivity index (χ0) is 19.8. The fourth-order valence-corrected chi connectivity index (χ4v) is 3.00. The van der Waals surface area contributed by atoms with Gasteiger partial charge in [-0.25, -0.2) is 0 Å². The summed E-state index contributed by atoms with van der Waals surface area (Å²) in [6.45, 7) is -2.24. The molecule has 6 heteroatoms. The van der Waals surface area contributed by atoms with Crippen LogP contribution in [0, 0.1) is 0 Å². The summed E-state index contributed by atoms with van der Waals surface area (Å²) >= 11 is 5.47. The van der Waals surface area contributed by atoms with E-state index in [0.717, 1.165) is 16.7 Å². The van der Waals surface area contributed by atoms with Crippen molar-refractivity contribution in [2.45, 2.75) is 19.2 Å². The van der Waals surface area contributed by atoms with Gasteiger partial charge in [-0.2, -0.15) is 8.78 Å². The Labute approximate surface area is 168 Å². The second-order valence-corrected chi connectivity index (χ2v) is 6.51. The minimum atomic E-state index is -2.84. The summed E-state index contributed by atoms with van der Waals surface area (Å²) in [6, 6.07) is 26.1. The Kier molecular flexibility index (Phi) is 6.92. The van der Waals surface area contributed by atoms with Gasteiger partial charge < -0.3 is 15.4 Å². The highest BCUT2D eigenvalue weighted by molar-refractivity contribution is 7.80. The number of hydrogen-bond acceptors (Lipinski definition) is 2. The average Bonchev–Trinajstić information content (AvgIpc) is 2.72. The maximum Gasteiger partial charge on any atom is 0.387 e. The first-order valence-corrected chi connectivity index (χ1v) is 9.20. The molecule has 3 nitrogen and oxygen atoms in total. The SMILES string of the molecule is FC(F)Oc1ccc([C@@H](NC(=S)NCc2ccccc2)c2ccccc2)cc1. The predicted molar refractivity (Wildman–Crippen MR) is 110 cm³/mol. The van der Waals surface area contributed by atoms with E-state index in [1.54, 1.807) is 12.1 Å². The van der Waals surface area contributed by atoms with Gasteiger partial charge in [0.2, 0.25) is 0 Å². The summed E-state index contributed by atoms with van der Waals surface area (Å²) in [6.07, 6.45) is 0. The average molecular weight is 398 g/mol. The summed E-state index contributed by atoms with van der Waals surface area (Å²) in [4.78, 5) is 0. The third-order valence-corrected chi connectivity index (χ3v) is 4.41. The van der Waals surface area contributed by atoms with Gasteiger partial charge in [-0.15, -0.1) is 0 Å². The van der Waals surface area contributed by atoms with E-state index in [-0.39, 0.29) is 11.8 Å². The van der Waals surface area contributed by atoms with E-state index in [9.17, 15) is 8.78 Å². The monoisotopic (exact) mass is 398 g/mol. The molecule has 0 bridgehead atoms. The molecule has 0 heterocycles. The second kappa shape index (κ2) is 9.80. The largest absolute Gasteiger partial charge is 0.435 e. The molecule has 0 aromatic heterocycles. The normalized spacial score (nSPS) is 11.7. The number of ether oxygens (including phenoxy) is 1. The first-order valence-electron chi connectivity index (χ1n) is 8.80. The van der Waals surface area contributed by atoms with E-state index in [2.05, 4.69) is 15.4 Å². The van der Waals surface area contributed by atoms with Gasteiger partial charge in [0.15, 0.2) is 5.11 Å². The minimum Gasteiger partial charge on any atom is -0.435 e. The van der Waals surface area contributed by atoms with Crippen molar-refractivity contribution >= 4 is 17.3 Å². The van der Waals surface area contributed by atoms with Crippen molar-refractivity contribution in [3.8, 4) is 5.75 Å². The van der Waals surface area contributed by atoms with Gasteiger partial charge >= 0.3 is 6.61 Å². The number of alkyl halides is 2. The Balaban J connectivity index is 1.73. The molecule has 3 aromatic carbocycles. The molecule has 0 unspecified atom stereocenters. The van der Waals surface area contributed by atoms with Crippen LogP contribution in [0.15, 0.2) is 84.9 Å². The summed E-state index contributed by atoms with van der Waals surface area (Å²) in [5.74, 6) is 0.121. The number of benzene rings is 3. The highest BCUT2D eigenvalue weighted by Gasteiger charge is 2.15. The van der Waals surface area contributed by atoms with E-state index in [1.165, 1.54) is 12.1 Å². The Hall–Kier alpha value is -2.99. The Morgan fingerprint density at radius 1 is 0.821 bits per heavy atom. The number of hydrogen-bond donors (Lipinski definition) is 2. The van der Waals surface area contributed by atoms with Crippen molar-refractivity contribution in [3.63, 3.8) is 0 Å². The van der Waals surface area contributed by atoms with E-state index in [1.807, 2.05) is 60.7 Å². The lowest BCUT2D eigenvalue weighted by molar-refractivity contribution is -0.0498.